The molecule has 0 saturated heterocycles. The predicted octanol–water partition coefficient (Wildman–Crippen LogP) is 0.179. The number of alkyl halides is 3. The van der Waals surface area contributed by atoms with Crippen molar-refractivity contribution in [3.63, 3.8) is 0 Å². The molecular weight excluding hydrogens is 293 g/mol. The maximum Gasteiger partial charge on any atom is 0.405 e. The van der Waals surface area contributed by atoms with Gasteiger partial charge in [-0.2, -0.15) is 13.2 Å². The number of aromatic nitrogens is 2. The van der Waals surface area contributed by atoms with Crippen LogP contribution in [-0.4, -0.2) is 59.9 Å². The van der Waals surface area contributed by atoms with Crippen molar-refractivity contribution >= 4 is 11.8 Å². The van der Waals surface area contributed by atoms with Gasteiger partial charge in [-0.1, -0.05) is 0 Å². The minimum absolute atomic E-state index is 0.0741. The molecular formula is C11H15F3N4O3. The molecule has 7 nitrogen and oxygen atoms in total. The molecule has 0 aliphatic rings. The summed E-state index contributed by atoms with van der Waals surface area (Å²) in [5, 5.41) is 5.56. The molecule has 1 rings (SSSR count). The zero-order valence-corrected chi connectivity index (χ0v) is 11.7. The molecule has 21 heavy (non-hydrogen) atoms. The number of amides is 2. The first kappa shape index (κ1) is 16.8. The Balaban J connectivity index is 2.64. The molecule has 1 N–H and O–H groups in total. The summed E-state index contributed by atoms with van der Waals surface area (Å²) in [6.07, 6.45) is -3.10. The van der Waals surface area contributed by atoms with E-state index in [9.17, 15) is 22.8 Å². The van der Waals surface area contributed by atoms with Gasteiger partial charge in [-0.25, -0.2) is 0 Å². The molecule has 0 atom stereocenters. The zero-order valence-electron chi connectivity index (χ0n) is 11.7. The highest BCUT2D eigenvalue weighted by Crippen LogP contribution is 2.16. The largest absolute Gasteiger partial charge is 0.479 e. The van der Waals surface area contributed by atoms with E-state index in [-0.39, 0.29) is 11.4 Å². The number of halogens is 3. The van der Waals surface area contributed by atoms with Crippen LogP contribution in [0, 0.1) is 0 Å². The van der Waals surface area contributed by atoms with E-state index in [1.54, 1.807) is 12.4 Å². The number of nitrogens with zero attached hydrogens (tertiary/aromatic N) is 3. The molecule has 0 unspecified atom stereocenters. The molecule has 10 heteroatoms. The second kappa shape index (κ2) is 6.46. The monoisotopic (exact) mass is 308 g/mol. The maximum atomic E-state index is 12.1. The van der Waals surface area contributed by atoms with Crippen LogP contribution in [0.3, 0.4) is 0 Å². The summed E-state index contributed by atoms with van der Waals surface area (Å²) in [6, 6.07) is 0. The third kappa shape index (κ3) is 4.97. The number of methoxy groups -OCH3 is 1. The maximum absolute atomic E-state index is 12.1. The third-order valence-electron chi connectivity index (χ3n) is 2.43. The number of nitrogens with one attached hydrogen (secondary N) is 1. The van der Waals surface area contributed by atoms with Gasteiger partial charge in [0.15, 0.2) is 0 Å². The Hall–Kier alpha value is -2.26. The Labute approximate surface area is 118 Å². The van der Waals surface area contributed by atoms with Gasteiger partial charge in [-0.05, 0) is 0 Å². The van der Waals surface area contributed by atoms with Crippen LogP contribution in [0.2, 0.25) is 0 Å². The number of aryl methyl sites for hydroxylation is 1. The lowest BCUT2D eigenvalue weighted by Gasteiger charge is -2.16. The van der Waals surface area contributed by atoms with Crippen molar-refractivity contribution in [2.24, 2.45) is 7.05 Å². The average Bonchev–Trinajstić information content (AvgIpc) is 2.75. The summed E-state index contributed by atoms with van der Waals surface area (Å²) in [7, 11) is 4.20. The summed E-state index contributed by atoms with van der Waals surface area (Å²) in [5.41, 5.74) is 0.117. The number of ether oxygens (including phenoxy) is 1. The lowest BCUT2D eigenvalue weighted by Crippen LogP contribution is -2.41. The van der Waals surface area contributed by atoms with Crippen molar-refractivity contribution in [1.29, 1.82) is 0 Å². The van der Waals surface area contributed by atoms with Crippen molar-refractivity contribution in [1.82, 2.24) is 20.0 Å². The summed E-state index contributed by atoms with van der Waals surface area (Å²) in [5.74, 6) is -1.42. The highest BCUT2D eigenvalue weighted by atomic mass is 19.4. The molecule has 118 valence electrons. The Bertz CT molecular complexity index is 527. The number of carbonyl (C=O) groups is 2. The number of hydrogen-bond donors (Lipinski definition) is 1. The van der Waals surface area contributed by atoms with Gasteiger partial charge in [0.05, 0.1) is 13.7 Å². The normalized spacial score (nSPS) is 11.1. The minimum Gasteiger partial charge on any atom is -0.479 e. The molecule has 1 heterocycles. The van der Waals surface area contributed by atoms with Crippen molar-refractivity contribution in [2.45, 2.75) is 6.18 Å². The van der Waals surface area contributed by atoms with Crippen LogP contribution in [-0.2, 0) is 11.8 Å². The highest BCUT2D eigenvalue weighted by Gasteiger charge is 2.28. The first-order valence-corrected chi connectivity index (χ1v) is 5.80. The van der Waals surface area contributed by atoms with Crippen LogP contribution in [0.25, 0.3) is 0 Å². The molecule has 2 amide bonds. The average molecular weight is 308 g/mol. The van der Waals surface area contributed by atoms with E-state index >= 15 is 0 Å². The van der Waals surface area contributed by atoms with Crippen LogP contribution >= 0.6 is 0 Å². The fourth-order valence-corrected chi connectivity index (χ4v) is 1.51. The summed E-state index contributed by atoms with van der Waals surface area (Å²) in [4.78, 5) is 24.4. The van der Waals surface area contributed by atoms with Crippen LogP contribution < -0.4 is 10.1 Å². The van der Waals surface area contributed by atoms with Gasteiger partial charge in [0.25, 0.3) is 5.91 Å². The van der Waals surface area contributed by atoms with Crippen LogP contribution in [0.4, 0.5) is 13.2 Å². The molecule has 0 fully saturated rings. The molecule has 0 saturated carbocycles. The van der Waals surface area contributed by atoms with Crippen molar-refractivity contribution < 1.29 is 27.5 Å². The summed E-state index contributed by atoms with van der Waals surface area (Å²) in [6.45, 7) is -1.95. The van der Waals surface area contributed by atoms with E-state index in [1.807, 2.05) is 0 Å². The van der Waals surface area contributed by atoms with Gasteiger partial charge in [0.1, 0.15) is 12.1 Å². The molecule has 0 aliphatic heterocycles. The number of hydrogen-bond acceptors (Lipinski definition) is 4. The summed E-state index contributed by atoms with van der Waals surface area (Å²) < 4.78 is 42.1. The number of rotatable bonds is 5. The molecule has 0 spiro atoms. The molecule has 0 radical (unpaired) electrons. The van der Waals surface area contributed by atoms with Crippen molar-refractivity contribution in [3.05, 3.63) is 11.8 Å². The first-order chi connectivity index (χ1) is 9.64. The topological polar surface area (TPSA) is 76.5 Å². The number of carbonyl (C=O) groups excluding carboxylic acids is 2. The van der Waals surface area contributed by atoms with E-state index in [2.05, 4.69) is 5.10 Å². The fourth-order valence-electron chi connectivity index (χ4n) is 1.51. The van der Waals surface area contributed by atoms with E-state index in [0.29, 0.717) is 0 Å². The summed E-state index contributed by atoms with van der Waals surface area (Å²) >= 11 is 0. The second-order valence-electron chi connectivity index (χ2n) is 4.28. The van der Waals surface area contributed by atoms with Crippen LogP contribution in [0.15, 0.2) is 6.20 Å². The predicted molar refractivity (Wildman–Crippen MR) is 65.8 cm³/mol. The Morgan fingerprint density at radius 3 is 2.62 bits per heavy atom. The van der Waals surface area contributed by atoms with Crippen LogP contribution in [0.1, 0.15) is 10.4 Å². The molecule has 0 bridgehead atoms. The van der Waals surface area contributed by atoms with E-state index in [1.165, 1.54) is 25.0 Å². The van der Waals surface area contributed by atoms with Crippen LogP contribution in [0.5, 0.6) is 5.88 Å². The first-order valence-electron chi connectivity index (χ1n) is 5.80. The standard InChI is InChI=1S/C11H15F3N4O3/c1-17(5-8(19)15-6-11(12,13)14)10(20)7-4-18(2)16-9(7)21-3/h4H,5-6H2,1-3H3,(H,15,19). The Morgan fingerprint density at radius 1 is 1.48 bits per heavy atom. The fraction of sp³-hybridized carbons (Fsp3) is 0.545. The van der Waals surface area contributed by atoms with E-state index in [4.69, 9.17) is 4.74 Å². The van der Waals surface area contributed by atoms with Gasteiger partial charge >= 0.3 is 6.18 Å². The lowest BCUT2D eigenvalue weighted by atomic mass is 10.3. The van der Waals surface area contributed by atoms with E-state index < -0.39 is 31.1 Å². The van der Waals surface area contributed by atoms with Gasteiger partial charge in [0.2, 0.25) is 11.8 Å². The molecule has 1 aromatic heterocycles. The van der Waals surface area contributed by atoms with Gasteiger partial charge in [-0.3, -0.25) is 14.3 Å². The van der Waals surface area contributed by atoms with Crippen molar-refractivity contribution in [3.8, 4) is 5.88 Å². The zero-order chi connectivity index (χ0) is 16.2. The van der Waals surface area contributed by atoms with Crippen molar-refractivity contribution in [2.75, 3.05) is 27.2 Å². The molecule has 1 aromatic rings. The SMILES string of the molecule is COc1nn(C)cc1C(=O)N(C)CC(=O)NCC(F)(F)F. The number of likely N-dealkylation sites (N-methyl/N-ethyl adjacent to an activating group) is 1. The molecule has 0 aromatic carbocycles. The Kier molecular flexibility index (Phi) is 5.17. The van der Waals surface area contributed by atoms with Gasteiger partial charge in [-0.15, -0.1) is 5.10 Å². The third-order valence-corrected chi connectivity index (χ3v) is 2.43. The quantitative estimate of drug-likeness (QED) is 0.842. The molecule has 0 aliphatic carbocycles. The lowest BCUT2D eigenvalue weighted by molar-refractivity contribution is -0.138. The highest BCUT2D eigenvalue weighted by molar-refractivity contribution is 5.98. The Morgan fingerprint density at radius 2 is 2.10 bits per heavy atom. The minimum atomic E-state index is -4.50. The smallest absolute Gasteiger partial charge is 0.405 e. The van der Waals surface area contributed by atoms with E-state index in [0.717, 1.165) is 4.90 Å². The van der Waals surface area contributed by atoms with Gasteiger partial charge < -0.3 is 15.0 Å². The second-order valence-corrected chi connectivity index (χ2v) is 4.28. The van der Waals surface area contributed by atoms with Gasteiger partial charge in [0, 0.05) is 20.3 Å².